The van der Waals surface area contributed by atoms with Gasteiger partial charge < -0.3 is 15.1 Å². The van der Waals surface area contributed by atoms with Crippen molar-refractivity contribution in [1.29, 1.82) is 5.26 Å². The molecule has 0 saturated carbocycles. The number of carbonyl (C=O) groups is 2. The fourth-order valence-electron chi connectivity index (χ4n) is 2.24. The van der Waals surface area contributed by atoms with E-state index in [0.717, 1.165) is 0 Å². The summed E-state index contributed by atoms with van der Waals surface area (Å²) in [5, 5.41) is 14.2. The average molecular weight is 281 g/mol. The highest BCUT2D eigenvalue weighted by Crippen LogP contribution is 2.22. The van der Waals surface area contributed by atoms with E-state index in [2.05, 4.69) is 10.6 Å². The van der Waals surface area contributed by atoms with Gasteiger partial charge in [-0.3, -0.25) is 9.59 Å². The predicted molar refractivity (Wildman–Crippen MR) is 73.9 cm³/mol. The molecule has 6 heteroatoms. The highest BCUT2D eigenvalue weighted by molar-refractivity contribution is 6.12. The molecule has 0 radical (unpaired) electrons. The Morgan fingerprint density at radius 3 is 3.10 bits per heavy atom. The molecule has 3 rings (SSSR count). The third kappa shape index (κ3) is 2.37. The number of hydrogen-bond donors (Lipinski definition) is 2. The summed E-state index contributed by atoms with van der Waals surface area (Å²) < 4.78 is 5.29. The molecule has 21 heavy (non-hydrogen) atoms. The summed E-state index contributed by atoms with van der Waals surface area (Å²) in [5.41, 5.74) is 1.42. The number of anilines is 1. The Bertz CT molecular complexity index is 771. The quantitative estimate of drug-likeness (QED) is 0.875. The normalized spacial score (nSPS) is 13.0. The van der Waals surface area contributed by atoms with Gasteiger partial charge in [0, 0.05) is 18.7 Å². The third-order valence-electron chi connectivity index (χ3n) is 3.23. The van der Waals surface area contributed by atoms with Crippen LogP contribution in [0.5, 0.6) is 0 Å². The van der Waals surface area contributed by atoms with Crippen LogP contribution in [0.15, 0.2) is 34.9 Å². The minimum absolute atomic E-state index is 0.199. The lowest BCUT2D eigenvalue weighted by Crippen LogP contribution is -2.32. The van der Waals surface area contributed by atoms with E-state index in [0.29, 0.717) is 30.0 Å². The highest BCUT2D eigenvalue weighted by atomic mass is 16.3. The molecule has 0 spiro atoms. The predicted octanol–water partition coefficient (Wildman–Crippen LogP) is 1.69. The molecule has 0 aliphatic carbocycles. The first-order valence-electron chi connectivity index (χ1n) is 6.39. The fraction of sp³-hybridized carbons (Fsp3) is 0.133. The smallest absolute Gasteiger partial charge is 0.259 e. The molecule has 2 aromatic rings. The zero-order valence-electron chi connectivity index (χ0n) is 11.0. The number of nitrogens with zero attached hydrogens (tertiary/aromatic N) is 1. The van der Waals surface area contributed by atoms with Crippen molar-refractivity contribution >= 4 is 17.5 Å². The third-order valence-corrected chi connectivity index (χ3v) is 3.23. The lowest BCUT2D eigenvalue weighted by Gasteiger charge is -2.12. The summed E-state index contributed by atoms with van der Waals surface area (Å²) in [6.07, 6.45) is 1.86. The highest BCUT2D eigenvalue weighted by Gasteiger charge is 2.27. The molecule has 2 N–H and O–H groups in total. The maximum absolute atomic E-state index is 12.3. The van der Waals surface area contributed by atoms with Gasteiger partial charge in [-0.25, -0.2) is 0 Å². The van der Waals surface area contributed by atoms with Crippen LogP contribution in [0.25, 0.3) is 0 Å². The van der Waals surface area contributed by atoms with Gasteiger partial charge in [0.25, 0.3) is 11.8 Å². The molecule has 0 fully saturated rings. The Labute approximate surface area is 120 Å². The number of fused-ring (bicyclic) bond motifs is 1. The average Bonchev–Trinajstić information content (AvgIpc) is 2.93. The van der Waals surface area contributed by atoms with E-state index in [1.54, 1.807) is 24.3 Å². The SMILES string of the molecule is N#Cc1cccc(NC(=O)c2coc3c2C(=O)NCC3)c1. The van der Waals surface area contributed by atoms with Gasteiger partial charge >= 0.3 is 0 Å². The molecule has 6 nitrogen and oxygen atoms in total. The molecule has 0 saturated heterocycles. The molecule has 1 aromatic carbocycles. The van der Waals surface area contributed by atoms with Gasteiger partial charge in [0.15, 0.2) is 0 Å². The summed E-state index contributed by atoms with van der Waals surface area (Å²) in [6, 6.07) is 8.54. The van der Waals surface area contributed by atoms with Crippen molar-refractivity contribution in [2.45, 2.75) is 6.42 Å². The monoisotopic (exact) mass is 281 g/mol. The van der Waals surface area contributed by atoms with Crippen molar-refractivity contribution in [2.75, 3.05) is 11.9 Å². The molecular weight excluding hydrogens is 270 g/mol. The van der Waals surface area contributed by atoms with Gasteiger partial charge in [-0.05, 0) is 18.2 Å². The lowest BCUT2D eigenvalue weighted by molar-refractivity contribution is 0.0932. The van der Waals surface area contributed by atoms with Crippen LogP contribution in [0.3, 0.4) is 0 Å². The Morgan fingerprint density at radius 2 is 2.29 bits per heavy atom. The number of rotatable bonds is 2. The second-order valence-corrected chi connectivity index (χ2v) is 4.60. The van der Waals surface area contributed by atoms with Crippen LogP contribution in [0.1, 0.15) is 32.0 Å². The van der Waals surface area contributed by atoms with E-state index in [1.807, 2.05) is 6.07 Å². The molecule has 0 bridgehead atoms. The molecule has 1 aliphatic rings. The van der Waals surface area contributed by atoms with Gasteiger partial charge in [-0.15, -0.1) is 0 Å². The van der Waals surface area contributed by atoms with Gasteiger partial charge in [0.05, 0.1) is 22.8 Å². The van der Waals surface area contributed by atoms with Gasteiger partial charge in [-0.2, -0.15) is 5.26 Å². The largest absolute Gasteiger partial charge is 0.468 e. The van der Waals surface area contributed by atoms with Crippen LogP contribution in [0.4, 0.5) is 5.69 Å². The number of carbonyl (C=O) groups excluding carboxylic acids is 2. The Kier molecular flexibility index (Phi) is 3.16. The second kappa shape index (κ2) is 5.13. The van der Waals surface area contributed by atoms with Crippen LogP contribution in [-0.2, 0) is 6.42 Å². The van der Waals surface area contributed by atoms with Crippen LogP contribution in [-0.4, -0.2) is 18.4 Å². The summed E-state index contributed by atoms with van der Waals surface area (Å²) in [5.74, 6) is -0.220. The first-order valence-corrected chi connectivity index (χ1v) is 6.39. The Hall–Kier alpha value is -3.07. The zero-order valence-corrected chi connectivity index (χ0v) is 11.0. The van der Waals surface area contributed by atoms with Gasteiger partial charge in [-0.1, -0.05) is 6.07 Å². The lowest BCUT2D eigenvalue weighted by atomic mass is 10.0. The summed E-state index contributed by atoms with van der Waals surface area (Å²) in [7, 11) is 0. The van der Waals surface area contributed by atoms with E-state index in [1.165, 1.54) is 6.26 Å². The zero-order chi connectivity index (χ0) is 14.8. The van der Waals surface area contributed by atoms with E-state index in [4.69, 9.17) is 9.68 Å². The number of nitrogens with one attached hydrogen (secondary N) is 2. The van der Waals surface area contributed by atoms with Crippen LogP contribution >= 0.6 is 0 Å². The molecule has 1 aromatic heterocycles. The minimum Gasteiger partial charge on any atom is -0.468 e. The number of furan rings is 1. The van der Waals surface area contributed by atoms with Crippen LogP contribution < -0.4 is 10.6 Å². The molecule has 2 amide bonds. The maximum atomic E-state index is 12.3. The first kappa shape index (κ1) is 12.9. The van der Waals surface area contributed by atoms with E-state index in [9.17, 15) is 9.59 Å². The van der Waals surface area contributed by atoms with Gasteiger partial charge in [0.1, 0.15) is 12.0 Å². The molecule has 0 unspecified atom stereocenters. The minimum atomic E-state index is -0.438. The van der Waals surface area contributed by atoms with E-state index >= 15 is 0 Å². The number of hydrogen-bond acceptors (Lipinski definition) is 4. The van der Waals surface area contributed by atoms with Crippen molar-refractivity contribution in [1.82, 2.24) is 5.32 Å². The van der Waals surface area contributed by atoms with Crippen molar-refractivity contribution < 1.29 is 14.0 Å². The number of nitriles is 1. The standard InChI is InChI=1S/C15H11N3O3/c16-7-9-2-1-3-10(6-9)18-14(19)11-8-21-12-4-5-17-15(20)13(11)12/h1-3,6,8H,4-5H2,(H,17,20)(H,18,19). The molecule has 104 valence electrons. The van der Waals surface area contributed by atoms with Crippen molar-refractivity contribution in [3.63, 3.8) is 0 Å². The first-order chi connectivity index (χ1) is 10.2. The number of benzene rings is 1. The molecule has 2 heterocycles. The maximum Gasteiger partial charge on any atom is 0.259 e. The summed E-state index contributed by atoms with van der Waals surface area (Å²) in [6.45, 7) is 0.505. The number of amides is 2. The van der Waals surface area contributed by atoms with Gasteiger partial charge in [0.2, 0.25) is 0 Å². The van der Waals surface area contributed by atoms with Crippen LogP contribution in [0, 0.1) is 11.3 Å². The fourth-order valence-corrected chi connectivity index (χ4v) is 2.24. The van der Waals surface area contributed by atoms with Crippen molar-refractivity contribution in [3.8, 4) is 6.07 Å². The topological polar surface area (TPSA) is 95.1 Å². The summed E-state index contributed by atoms with van der Waals surface area (Å²) >= 11 is 0. The van der Waals surface area contributed by atoms with Crippen molar-refractivity contribution in [3.05, 3.63) is 53.0 Å². The Balaban J connectivity index is 1.88. The molecule has 1 aliphatic heterocycles. The Morgan fingerprint density at radius 1 is 1.43 bits per heavy atom. The van der Waals surface area contributed by atoms with Crippen molar-refractivity contribution in [2.24, 2.45) is 0 Å². The molecule has 0 atom stereocenters. The molecular formula is C15H11N3O3. The summed E-state index contributed by atoms with van der Waals surface area (Å²) in [4.78, 5) is 24.1. The van der Waals surface area contributed by atoms with Crippen LogP contribution in [0.2, 0.25) is 0 Å². The second-order valence-electron chi connectivity index (χ2n) is 4.60. The van der Waals surface area contributed by atoms with E-state index in [-0.39, 0.29) is 17.0 Å². The van der Waals surface area contributed by atoms with E-state index < -0.39 is 5.91 Å².